The van der Waals surface area contributed by atoms with Gasteiger partial charge in [0.25, 0.3) is 5.91 Å². The van der Waals surface area contributed by atoms with Crippen molar-refractivity contribution < 1.29 is 4.79 Å². The number of carbonyl (C=O) groups excluding carboxylic acids is 1. The van der Waals surface area contributed by atoms with Gasteiger partial charge in [-0.3, -0.25) is 4.79 Å². The zero-order valence-corrected chi connectivity index (χ0v) is 16.0. The summed E-state index contributed by atoms with van der Waals surface area (Å²) < 4.78 is 0. The summed E-state index contributed by atoms with van der Waals surface area (Å²) in [6.45, 7) is 7.52. The number of rotatable bonds is 6. The Morgan fingerprint density at radius 2 is 2.14 bits per heavy atom. The second-order valence-electron chi connectivity index (χ2n) is 4.58. The molecule has 8 heteroatoms. The van der Waals surface area contributed by atoms with Gasteiger partial charge in [0, 0.05) is 12.6 Å². The average molecular weight is 382 g/mol. The molecule has 2 aromatic heterocycles. The van der Waals surface area contributed by atoms with Crippen LogP contribution in [0.25, 0.3) is 9.88 Å². The summed E-state index contributed by atoms with van der Waals surface area (Å²) in [5.41, 5.74) is 0.798. The topological polar surface area (TPSA) is 54.0 Å². The highest BCUT2D eigenvalue weighted by Gasteiger charge is 2.16. The standard InChI is InChI=1S/C14H19N3OS2.2ClH/c1-4-15-9(2)8-16-13(18)12-10(3)17-14(20-12)11-6-5-7-19-11;;/h5-7,9,15H,4,8H2,1-3H3,(H,16,18);2*1H/t9-;;/m1../s1. The molecule has 22 heavy (non-hydrogen) atoms. The molecule has 124 valence electrons. The van der Waals surface area contributed by atoms with Gasteiger partial charge in [-0.05, 0) is 31.8 Å². The maximum atomic E-state index is 12.2. The fourth-order valence-electron chi connectivity index (χ4n) is 1.86. The fraction of sp³-hybridized carbons (Fsp3) is 0.429. The van der Waals surface area contributed by atoms with Crippen LogP contribution in [0.1, 0.15) is 29.2 Å². The maximum Gasteiger partial charge on any atom is 0.263 e. The minimum Gasteiger partial charge on any atom is -0.350 e. The number of amides is 1. The van der Waals surface area contributed by atoms with E-state index >= 15 is 0 Å². The van der Waals surface area contributed by atoms with E-state index in [4.69, 9.17) is 0 Å². The van der Waals surface area contributed by atoms with E-state index in [2.05, 4.69) is 29.5 Å². The van der Waals surface area contributed by atoms with E-state index in [0.717, 1.165) is 22.1 Å². The van der Waals surface area contributed by atoms with E-state index in [9.17, 15) is 4.79 Å². The third-order valence-corrected chi connectivity index (χ3v) is 5.05. The number of carbonyl (C=O) groups is 1. The molecular formula is C14H21Cl2N3OS2. The normalized spacial score (nSPS) is 11.2. The van der Waals surface area contributed by atoms with Crippen LogP contribution in [-0.4, -0.2) is 30.0 Å². The smallest absolute Gasteiger partial charge is 0.263 e. The molecule has 0 aliphatic rings. The molecule has 1 atom stereocenters. The predicted octanol–water partition coefficient (Wildman–Crippen LogP) is 3.75. The monoisotopic (exact) mass is 381 g/mol. The number of likely N-dealkylation sites (N-methyl/N-ethyl adjacent to an activating group) is 1. The number of thiazole rings is 1. The van der Waals surface area contributed by atoms with Gasteiger partial charge in [-0.1, -0.05) is 13.0 Å². The Labute approximate surface area is 151 Å². The number of aromatic nitrogens is 1. The van der Waals surface area contributed by atoms with Crippen molar-refractivity contribution in [1.82, 2.24) is 15.6 Å². The molecule has 0 radical (unpaired) electrons. The van der Waals surface area contributed by atoms with Gasteiger partial charge in [0.05, 0.1) is 10.6 Å². The Hall–Kier alpha value is -0.660. The molecule has 0 aliphatic carbocycles. The number of hydrogen-bond acceptors (Lipinski definition) is 5. The Kier molecular flexibility index (Phi) is 9.87. The molecule has 0 fully saturated rings. The molecule has 2 N–H and O–H groups in total. The van der Waals surface area contributed by atoms with Crippen molar-refractivity contribution in [2.75, 3.05) is 13.1 Å². The Morgan fingerprint density at radius 3 is 2.73 bits per heavy atom. The number of aryl methyl sites for hydroxylation is 1. The number of nitrogens with one attached hydrogen (secondary N) is 2. The summed E-state index contributed by atoms with van der Waals surface area (Å²) in [7, 11) is 0. The lowest BCUT2D eigenvalue weighted by molar-refractivity contribution is 0.0953. The van der Waals surface area contributed by atoms with E-state index in [-0.39, 0.29) is 36.8 Å². The van der Waals surface area contributed by atoms with Gasteiger partial charge in [0.2, 0.25) is 0 Å². The third kappa shape index (κ3) is 5.52. The molecule has 0 aliphatic heterocycles. The zero-order valence-electron chi connectivity index (χ0n) is 12.7. The van der Waals surface area contributed by atoms with Gasteiger partial charge in [-0.25, -0.2) is 4.98 Å². The summed E-state index contributed by atoms with van der Waals surface area (Å²) in [4.78, 5) is 18.5. The van der Waals surface area contributed by atoms with E-state index in [1.165, 1.54) is 11.3 Å². The van der Waals surface area contributed by atoms with Crippen molar-refractivity contribution in [3.8, 4) is 9.88 Å². The summed E-state index contributed by atoms with van der Waals surface area (Å²) in [6.07, 6.45) is 0. The van der Waals surface area contributed by atoms with Crippen LogP contribution in [0.5, 0.6) is 0 Å². The fourth-order valence-corrected chi connectivity index (χ4v) is 3.64. The van der Waals surface area contributed by atoms with Crippen molar-refractivity contribution in [3.05, 3.63) is 28.1 Å². The third-order valence-electron chi connectivity index (χ3n) is 2.86. The Morgan fingerprint density at radius 1 is 1.41 bits per heavy atom. The van der Waals surface area contributed by atoms with Crippen LogP contribution in [0.15, 0.2) is 17.5 Å². The van der Waals surface area contributed by atoms with Gasteiger partial charge >= 0.3 is 0 Å². The minimum atomic E-state index is -0.0347. The van der Waals surface area contributed by atoms with Crippen molar-refractivity contribution in [1.29, 1.82) is 0 Å². The van der Waals surface area contributed by atoms with Gasteiger partial charge in [-0.15, -0.1) is 47.5 Å². The average Bonchev–Trinajstić information content (AvgIpc) is 3.05. The molecule has 4 nitrogen and oxygen atoms in total. The van der Waals surface area contributed by atoms with Crippen molar-refractivity contribution >= 4 is 53.4 Å². The van der Waals surface area contributed by atoms with Crippen LogP contribution in [-0.2, 0) is 0 Å². The van der Waals surface area contributed by atoms with E-state index < -0.39 is 0 Å². The quantitative estimate of drug-likeness (QED) is 0.800. The molecule has 0 saturated heterocycles. The zero-order chi connectivity index (χ0) is 14.5. The van der Waals surface area contributed by atoms with Crippen LogP contribution in [0, 0.1) is 6.92 Å². The molecule has 0 unspecified atom stereocenters. The Balaban J connectivity index is 0.00000220. The van der Waals surface area contributed by atoms with Crippen LogP contribution < -0.4 is 10.6 Å². The molecular weight excluding hydrogens is 361 g/mol. The number of nitrogens with zero attached hydrogens (tertiary/aromatic N) is 1. The Bertz CT molecular complexity index is 573. The van der Waals surface area contributed by atoms with Crippen LogP contribution in [0.2, 0.25) is 0 Å². The lowest BCUT2D eigenvalue weighted by atomic mass is 10.3. The summed E-state index contributed by atoms with van der Waals surface area (Å²) >= 11 is 3.10. The highest BCUT2D eigenvalue weighted by Crippen LogP contribution is 2.30. The van der Waals surface area contributed by atoms with Crippen LogP contribution in [0.4, 0.5) is 0 Å². The highest BCUT2D eigenvalue weighted by atomic mass is 35.5. The molecule has 2 heterocycles. The molecule has 0 bridgehead atoms. The van der Waals surface area contributed by atoms with E-state index in [0.29, 0.717) is 11.4 Å². The second-order valence-corrected chi connectivity index (χ2v) is 6.53. The number of hydrogen-bond donors (Lipinski definition) is 2. The molecule has 2 rings (SSSR count). The SMILES string of the molecule is CCN[C@H](C)CNC(=O)c1sc(-c2cccs2)nc1C.Cl.Cl. The van der Waals surface area contributed by atoms with Gasteiger partial charge < -0.3 is 10.6 Å². The highest BCUT2D eigenvalue weighted by molar-refractivity contribution is 7.22. The van der Waals surface area contributed by atoms with E-state index in [1.54, 1.807) is 11.3 Å². The van der Waals surface area contributed by atoms with Gasteiger partial charge in [0.1, 0.15) is 9.88 Å². The lowest BCUT2D eigenvalue weighted by Crippen LogP contribution is -2.38. The first-order valence-corrected chi connectivity index (χ1v) is 8.34. The van der Waals surface area contributed by atoms with Gasteiger partial charge in [-0.2, -0.15) is 0 Å². The first-order valence-electron chi connectivity index (χ1n) is 6.64. The number of thiophene rings is 1. The first kappa shape index (κ1) is 21.3. The first-order chi connectivity index (χ1) is 9.61. The van der Waals surface area contributed by atoms with Gasteiger partial charge in [0.15, 0.2) is 0 Å². The van der Waals surface area contributed by atoms with Crippen LogP contribution >= 0.6 is 47.5 Å². The maximum absolute atomic E-state index is 12.2. The largest absolute Gasteiger partial charge is 0.350 e. The molecule has 2 aromatic rings. The van der Waals surface area contributed by atoms with Crippen molar-refractivity contribution in [2.24, 2.45) is 0 Å². The van der Waals surface area contributed by atoms with Crippen molar-refractivity contribution in [3.63, 3.8) is 0 Å². The predicted molar refractivity (Wildman–Crippen MR) is 100 cm³/mol. The van der Waals surface area contributed by atoms with Crippen molar-refractivity contribution in [2.45, 2.75) is 26.8 Å². The molecule has 0 spiro atoms. The van der Waals surface area contributed by atoms with E-state index in [1.807, 2.05) is 24.4 Å². The molecule has 1 amide bonds. The summed E-state index contributed by atoms with van der Waals surface area (Å²) in [5, 5.41) is 9.16. The second kappa shape index (κ2) is 10.2. The molecule has 0 aromatic carbocycles. The number of halogens is 2. The summed E-state index contributed by atoms with van der Waals surface area (Å²) in [5.74, 6) is -0.0347. The molecule has 0 saturated carbocycles. The van der Waals surface area contributed by atoms with Crippen LogP contribution in [0.3, 0.4) is 0 Å². The lowest BCUT2D eigenvalue weighted by Gasteiger charge is -2.12. The minimum absolute atomic E-state index is 0. The summed E-state index contributed by atoms with van der Waals surface area (Å²) in [6, 6.07) is 4.29.